The Morgan fingerprint density at radius 1 is 1.04 bits per heavy atom. The second kappa shape index (κ2) is 6.57. The van der Waals surface area contributed by atoms with Gasteiger partial charge in [-0.1, -0.05) is 52.3 Å². The van der Waals surface area contributed by atoms with E-state index in [2.05, 4.69) is 21.2 Å². The highest BCUT2D eigenvalue weighted by atomic mass is 79.9. The molecular formula is C21H16BrFN2O. The van der Waals surface area contributed by atoms with E-state index >= 15 is 0 Å². The molecule has 0 spiro atoms. The second-order valence-corrected chi connectivity index (χ2v) is 7.14. The third kappa shape index (κ3) is 2.78. The average molecular weight is 411 g/mol. The van der Waals surface area contributed by atoms with Gasteiger partial charge in [-0.25, -0.2) is 4.39 Å². The summed E-state index contributed by atoms with van der Waals surface area (Å²) < 4.78 is 15.1. The van der Waals surface area contributed by atoms with Crippen LogP contribution < -0.4 is 10.2 Å². The first kappa shape index (κ1) is 16.8. The molecule has 3 aromatic rings. The van der Waals surface area contributed by atoms with Crippen molar-refractivity contribution in [3.8, 4) is 0 Å². The van der Waals surface area contributed by atoms with E-state index in [1.165, 1.54) is 6.07 Å². The van der Waals surface area contributed by atoms with Gasteiger partial charge < -0.3 is 5.32 Å². The molecule has 130 valence electrons. The minimum absolute atomic E-state index is 0.0927. The third-order valence-electron chi connectivity index (χ3n) is 4.56. The standard InChI is InChI=1S/C21H16BrFN2O/c1-13-6-2-5-9-19(13)25-20(15-7-3-4-8-16(15)21(25)26)24-18-11-10-14(22)12-17(18)23/h2-12,20,24H,1H3/t20-/m0/s1. The number of benzene rings is 3. The van der Waals surface area contributed by atoms with E-state index in [0.29, 0.717) is 15.7 Å². The van der Waals surface area contributed by atoms with Gasteiger partial charge in [0.15, 0.2) is 0 Å². The van der Waals surface area contributed by atoms with Crippen LogP contribution in [0, 0.1) is 12.7 Å². The van der Waals surface area contributed by atoms with Gasteiger partial charge in [-0.2, -0.15) is 0 Å². The van der Waals surface area contributed by atoms with Crippen molar-refractivity contribution < 1.29 is 9.18 Å². The summed E-state index contributed by atoms with van der Waals surface area (Å²) in [7, 11) is 0. The van der Waals surface area contributed by atoms with E-state index in [9.17, 15) is 9.18 Å². The first-order chi connectivity index (χ1) is 12.6. The van der Waals surface area contributed by atoms with E-state index in [-0.39, 0.29) is 11.7 Å². The average Bonchev–Trinajstić information content (AvgIpc) is 2.90. The van der Waals surface area contributed by atoms with Crippen molar-refractivity contribution in [1.82, 2.24) is 0 Å². The smallest absolute Gasteiger partial charge is 0.260 e. The van der Waals surface area contributed by atoms with E-state index < -0.39 is 6.17 Å². The summed E-state index contributed by atoms with van der Waals surface area (Å²) in [5, 5.41) is 3.21. The number of amides is 1. The number of fused-ring (bicyclic) bond motifs is 1. The van der Waals surface area contributed by atoms with Gasteiger partial charge >= 0.3 is 0 Å². The Balaban J connectivity index is 1.82. The fraction of sp³-hybridized carbons (Fsp3) is 0.0952. The number of nitrogens with zero attached hydrogens (tertiary/aromatic N) is 1. The highest BCUT2D eigenvalue weighted by Crippen LogP contribution is 2.39. The Morgan fingerprint density at radius 3 is 2.54 bits per heavy atom. The van der Waals surface area contributed by atoms with Gasteiger partial charge in [0.2, 0.25) is 0 Å². The molecule has 0 fully saturated rings. The Morgan fingerprint density at radius 2 is 1.77 bits per heavy atom. The first-order valence-corrected chi connectivity index (χ1v) is 9.05. The molecule has 5 heteroatoms. The Kier molecular flexibility index (Phi) is 4.24. The number of halogens is 2. The summed E-state index contributed by atoms with van der Waals surface area (Å²) in [4.78, 5) is 14.8. The molecule has 4 rings (SSSR count). The molecular weight excluding hydrogens is 395 g/mol. The third-order valence-corrected chi connectivity index (χ3v) is 5.05. The van der Waals surface area contributed by atoms with Crippen LogP contribution in [-0.4, -0.2) is 5.91 Å². The van der Waals surface area contributed by atoms with Crippen molar-refractivity contribution >= 4 is 33.2 Å². The van der Waals surface area contributed by atoms with Crippen LogP contribution in [0.3, 0.4) is 0 Å². The summed E-state index contributed by atoms with van der Waals surface area (Å²) in [6.45, 7) is 1.96. The minimum Gasteiger partial charge on any atom is -0.359 e. The number of hydrogen-bond donors (Lipinski definition) is 1. The van der Waals surface area contributed by atoms with E-state index in [0.717, 1.165) is 16.8 Å². The lowest BCUT2D eigenvalue weighted by atomic mass is 10.1. The largest absolute Gasteiger partial charge is 0.359 e. The Bertz CT molecular complexity index is 1000. The molecule has 1 aliphatic rings. The molecule has 1 heterocycles. The number of carbonyl (C=O) groups is 1. The SMILES string of the molecule is Cc1ccccc1N1C(=O)c2ccccc2[C@H]1Nc1ccc(Br)cc1F. The highest BCUT2D eigenvalue weighted by Gasteiger charge is 2.38. The predicted molar refractivity (Wildman–Crippen MR) is 105 cm³/mol. The van der Waals surface area contributed by atoms with Crippen LogP contribution >= 0.6 is 15.9 Å². The maximum absolute atomic E-state index is 14.4. The van der Waals surface area contributed by atoms with E-state index in [1.807, 2.05) is 55.5 Å². The first-order valence-electron chi connectivity index (χ1n) is 8.26. The van der Waals surface area contributed by atoms with Crippen LogP contribution in [0.25, 0.3) is 0 Å². The van der Waals surface area contributed by atoms with Crippen molar-refractivity contribution in [2.45, 2.75) is 13.1 Å². The van der Waals surface area contributed by atoms with Crippen molar-refractivity contribution in [3.63, 3.8) is 0 Å². The molecule has 1 amide bonds. The maximum atomic E-state index is 14.4. The lowest BCUT2D eigenvalue weighted by Gasteiger charge is -2.28. The van der Waals surface area contributed by atoms with E-state index in [1.54, 1.807) is 17.0 Å². The predicted octanol–water partition coefficient (Wildman–Crippen LogP) is 5.67. The molecule has 1 N–H and O–H groups in total. The van der Waals surface area contributed by atoms with Gasteiger partial charge in [0.05, 0.1) is 5.69 Å². The number of hydrogen-bond acceptors (Lipinski definition) is 2. The topological polar surface area (TPSA) is 32.3 Å². The van der Waals surface area contributed by atoms with Gasteiger partial charge in [0, 0.05) is 21.3 Å². The molecule has 0 saturated heterocycles. The summed E-state index contributed by atoms with van der Waals surface area (Å²) in [6, 6.07) is 20.0. The molecule has 26 heavy (non-hydrogen) atoms. The monoisotopic (exact) mass is 410 g/mol. The molecule has 0 aliphatic carbocycles. The molecule has 0 aromatic heterocycles. The summed E-state index contributed by atoms with van der Waals surface area (Å²) in [6.07, 6.45) is -0.476. The number of rotatable bonds is 3. The van der Waals surface area contributed by atoms with Crippen LogP contribution in [0.5, 0.6) is 0 Å². The normalized spacial score (nSPS) is 15.9. The molecule has 3 aromatic carbocycles. The summed E-state index contributed by atoms with van der Waals surface area (Å²) in [5.41, 5.74) is 3.61. The molecule has 1 aliphatic heterocycles. The molecule has 1 atom stereocenters. The zero-order valence-corrected chi connectivity index (χ0v) is 15.6. The van der Waals surface area contributed by atoms with Crippen molar-refractivity contribution in [1.29, 1.82) is 0 Å². The van der Waals surface area contributed by atoms with Crippen LogP contribution in [0.15, 0.2) is 71.2 Å². The van der Waals surface area contributed by atoms with Gasteiger partial charge in [-0.15, -0.1) is 0 Å². The maximum Gasteiger partial charge on any atom is 0.260 e. The zero-order chi connectivity index (χ0) is 18.3. The fourth-order valence-corrected chi connectivity index (χ4v) is 3.63. The number of aryl methyl sites for hydroxylation is 1. The molecule has 0 saturated carbocycles. The van der Waals surface area contributed by atoms with Gasteiger partial charge in [-0.05, 0) is 42.8 Å². The second-order valence-electron chi connectivity index (χ2n) is 6.22. The minimum atomic E-state index is -0.476. The van der Waals surface area contributed by atoms with Crippen LogP contribution in [0.2, 0.25) is 0 Å². The summed E-state index contributed by atoms with van der Waals surface area (Å²) >= 11 is 3.27. The highest BCUT2D eigenvalue weighted by molar-refractivity contribution is 9.10. The van der Waals surface area contributed by atoms with Crippen LogP contribution in [-0.2, 0) is 0 Å². The molecule has 0 bridgehead atoms. The molecule has 0 unspecified atom stereocenters. The Labute approximate surface area is 159 Å². The van der Waals surface area contributed by atoms with Gasteiger partial charge in [0.25, 0.3) is 5.91 Å². The van der Waals surface area contributed by atoms with Crippen molar-refractivity contribution in [2.24, 2.45) is 0 Å². The lowest BCUT2D eigenvalue weighted by molar-refractivity contribution is 0.0992. The number of anilines is 2. The van der Waals surface area contributed by atoms with Crippen molar-refractivity contribution in [2.75, 3.05) is 10.2 Å². The van der Waals surface area contributed by atoms with Crippen LogP contribution in [0.4, 0.5) is 15.8 Å². The van der Waals surface area contributed by atoms with Gasteiger partial charge in [-0.3, -0.25) is 9.69 Å². The van der Waals surface area contributed by atoms with Gasteiger partial charge in [0.1, 0.15) is 12.0 Å². The van der Waals surface area contributed by atoms with Crippen LogP contribution in [0.1, 0.15) is 27.7 Å². The Hall–Kier alpha value is -2.66. The number of carbonyl (C=O) groups excluding carboxylic acids is 1. The fourth-order valence-electron chi connectivity index (χ4n) is 3.29. The molecule has 0 radical (unpaired) electrons. The number of para-hydroxylation sites is 1. The van der Waals surface area contributed by atoms with E-state index in [4.69, 9.17) is 0 Å². The zero-order valence-electron chi connectivity index (χ0n) is 14.0. The summed E-state index contributed by atoms with van der Waals surface area (Å²) in [5.74, 6) is -0.467. The molecule has 3 nitrogen and oxygen atoms in total. The van der Waals surface area contributed by atoms with Crippen molar-refractivity contribution in [3.05, 3.63) is 93.7 Å². The quantitative estimate of drug-likeness (QED) is 0.603. The number of nitrogens with one attached hydrogen (secondary N) is 1. The lowest BCUT2D eigenvalue weighted by Crippen LogP contribution is -2.33.